The number of anilines is 3. The first-order valence-electron chi connectivity index (χ1n) is 12.2. The molecule has 0 radical (unpaired) electrons. The van der Waals surface area contributed by atoms with Crippen LogP contribution in [0.15, 0.2) is 22.8 Å². The van der Waals surface area contributed by atoms with Gasteiger partial charge in [-0.3, -0.25) is 9.36 Å². The van der Waals surface area contributed by atoms with Gasteiger partial charge in [0.15, 0.2) is 5.65 Å². The van der Waals surface area contributed by atoms with Crippen LogP contribution in [0.3, 0.4) is 0 Å². The number of nitrogens with two attached hydrogens (primary N) is 1. The van der Waals surface area contributed by atoms with Crippen LogP contribution < -0.4 is 16.4 Å². The summed E-state index contributed by atoms with van der Waals surface area (Å²) in [5.74, 6) is -2.20. The highest BCUT2D eigenvalue weighted by Gasteiger charge is 2.35. The molecule has 0 spiro atoms. The molecule has 2 aliphatic carbocycles. The molecule has 2 heterocycles. The summed E-state index contributed by atoms with van der Waals surface area (Å²) in [5, 5.41) is 7.32. The second-order valence-corrected chi connectivity index (χ2v) is 11.5. The third-order valence-electron chi connectivity index (χ3n) is 7.19. The second kappa shape index (κ2) is 10.5. The van der Waals surface area contributed by atoms with Gasteiger partial charge in [-0.05, 0) is 50.7 Å². The van der Waals surface area contributed by atoms with Crippen molar-refractivity contribution in [3.05, 3.63) is 32.8 Å². The van der Waals surface area contributed by atoms with Crippen LogP contribution in [0.4, 0.5) is 26.4 Å². The molecule has 0 saturated heterocycles. The van der Waals surface area contributed by atoms with Crippen molar-refractivity contribution in [1.29, 1.82) is 0 Å². The zero-order chi connectivity index (χ0) is 26.3. The van der Waals surface area contributed by atoms with Crippen molar-refractivity contribution in [3.8, 4) is 0 Å². The number of rotatable bonds is 6. The molecule has 2 aliphatic rings. The van der Waals surface area contributed by atoms with Crippen LogP contribution >= 0.6 is 39.1 Å². The van der Waals surface area contributed by atoms with E-state index in [4.69, 9.17) is 38.9 Å². The van der Waals surface area contributed by atoms with Gasteiger partial charge in [-0.1, -0.05) is 39.1 Å². The fourth-order valence-electron chi connectivity index (χ4n) is 5.15. The van der Waals surface area contributed by atoms with Gasteiger partial charge >= 0.3 is 0 Å². The molecule has 4 N–H and O–H groups in total. The van der Waals surface area contributed by atoms with Gasteiger partial charge in [0.1, 0.15) is 5.52 Å². The third kappa shape index (κ3) is 5.78. The van der Waals surface area contributed by atoms with E-state index in [0.29, 0.717) is 77.3 Å². The Hall–Kier alpha value is -2.24. The topological polar surface area (TPSA) is 111 Å². The van der Waals surface area contributed by atoms with Gasteiger partial charge < -0.3 is 16.4 Å². The summed E-state index contributed by atoms with van der Waals surface area (Å²) in [4.78, 5) is 25.6. The molecule has 2 saturated carbocycles. The summed E-state index contributed by atoms with van der Waals surface area (Å²) in [6.45, 7) is 0. The fourth-order valence-corrected chi connectivity index (χ4v) is 6.46. The highest BCUT2D eigenvalue weighted by atomic mass is 79.9. The lowest BCUT2D eigenvalue weighted by Gasteiger charge is -2.29. The maximum Gasteiger partial charge on any atom is 0.248 e. The number of carbonyl (C=O) groups is 1. The Morgan fingerprint density at radius 3 is 2.35 bits per heavy atom. The molecule has 0 aliphatic heterocycles. The standard InChI is InChI=1S/C24H26BrCl2F2N7O/c25-13-9-16(26)19(17(27)10-13)34-23-33-18-11-31-22(32-14-5-7-24(28,29)8-6-14)35-21(18)36(23)15-3-1-12(2-4-15)20(30)37/h9-12,14-15H,1-8H2,(H2,30,37)(H,33,34)(H,31,32,35). The summed E-state index contributed by atoms with van der Waals surface area (Å²) in [6.07, 6.45) is 4.73. The summed E-state index contributed by atoms with van der Waals surface area (Å²) < 4.78 is 29.9. The number of aromatic nitrogens is 4. The van der Waals surface area contributed by atoms with Gasteiger partial charge in [-0.15, -0.1) is 0 Å². The molecule has 37 heavy (non-hydrogen) atoms. The molecule has 1 amide bonds. The van der Waals surface area contributed by atoms with Crippen molar-refractivity contribution >= 4 is 73.8 Å². The van der Waals surface area contributed by atoms with Gasteiger partial charge in [0.05, 0.1) is 21.9 Å². The van der Waals surface area contributed by atoms with E-state index in [-0.39, 0.29) is 36.8 Å². The van der Waals surface area contributed by atoms with Crippen LogP contribution in [0.1, 0.15) is 57.4 Å². The molecular formula is C24H26BrCl2F2N7O. The number of imidazole rings is 1. The van der Waals surface area contributed by atoms with Crippen LogP contribution in [0.25, 0.3) is 11.2 Å². The molecule has 2 fully saturated rings. The van der Waals surface area contributed by atoms with E-state index in [0.717, 1.165) is 4.47 Å². The van der Waals surface area contributed by atoms with Crippen molar-refractivity contribution in [1.82, 2.24) is 19.5 Å². The Labute approximate surface area is 230 Å². The summed E-state index contributed by atoms with van der Waals surface area (Å²) >= 11 is 16.3. The number of carbonyl (C=O) groups excluding carboxylic acids is 1. The number of benzene rings is 1. The van der Waals surface area contributed by atoms with Crippen molar-refractivity contribution in [3.63, 3.8) is 0 Å². The molecule has 1 aromatic carbocycles. The van der Waals surface area contributed by atoms with E-state index in [1.54, 1.807) is 18.3 Å². The Morgan fingerprint density at radius 1 is 1.08 bits per heavy atom. The van der Waals surface area contributed by atoms with E-state index in [9.17, 15) is 13.6 Å². The van der Waals surface area contributed by atoms with Gasteiger partial charge in [0, 0.05) is 35.3 Å². The van der Waals surface area contributed by atoms with Gasteiger partial charge in [-0.25, -0.2) is 18.7 Å². The molecule has 13 heteroatoms. The Kier molecular flexibility index (Phi) is 7.48. The number of amides is 1. The lowest BCUT2D eigenvalue weighted by molar-refractivity contribution is -0.122. The highest BCUT2D eigenvalue weighted by Crippen LogP contribution is 2.40. The van der Waals surface area contributed by atoms with E-state index >= 15 is 0 Å². The summed E-state index contributed by atoms with van der Waals surface area (Å²) in [7, 11) is 0. The fraction of sp³-hybridized carbons (Fsp3) is 0.500. The number of nitrogens with zero attached hydrogens (tertiary/aromatic N) is 4. The first-order valence-corrected chi connectivity index (χ1v) is 13.7. The smallest absolute Gasteiger partial charge is 0.248 e. The van der Waals surface area contributed by atoms with Crippen LogP contribution in [-0.2, 0) is 4.79 Å². The summed E-state index contributed by atoms with van der Waals surface area (Å²) in [5.41, 5.74) is 7.20. The largest absolute Gasteiger partial charge is 0.369 e. The lowest BCUT2D eigenvalue weighted by Crippen LogP contribution is -2.32. The molecular weight excluding hydrogens is 591 g/mol. The maximum atomic E-state index is 13.6. The zero-order valence-electron chi connectivity index (χ0n) is 19.8. The van der Waals surface area contributed by atoms with Gasteiger partial charge in [0.25, 0.3) is 0 Å². The molecule has 5 rings (SSSR count). The number of fused-ring (bicyclic) bond motifs is 1. The zero-order valence-corrected chi connectivity index (χ0v) is 22.9. The number of hydrogen-bond acceptors (Lipinski definition) is 6. The van der Waals surface area contributed by atoms with E-state index in [2.05, 4.69) is 31.5 Å². The highest BCUT2D eigenvalue weighted by molar-refractivity contribution is 9.10. The predicted octanol–water partition coefficient (Wildman–Crippen LogP) is 6.85. The first kappa shape index (κ1) is 26.4. The maximum absolute atomic E-state index is 13.6. The van der Waals surface area contributed by atoms with Crippen LogP contribution in [0.2, 0.25) is 10.0 Å². The number of hydrogen-bond donors (Lipinski definition) is 3. The Balaban J connectivity index is 1.49. The molecule has 0 unspecified atom stereocenters. The number of nitrogens with one attached hydrogen (secondary N) is 2. The number of alkyl halides is 2. The van der Waals surface area contributed by atoms with Crippen molar-refractivity contribution in [2.75, 3.05) is 10.6 Å². The monoisotopic (exact) mass is 615 g/mol. The van der Waals surface area contributed by atoms with Crippen LogP contribution in [0.5, 0.6) is 0 Å². The van der Waals surface area contributed by atoms with Gasteiger partial charge in [0.2, 0.25) is 23.7 Å². The average Bonchev–Trinajstić information content (AvgIpc) is 3.20. The van der Waals surface area contributed by atoms with Crippen molar-refractivity contribution in [2.24, 2.45) is 11.7 Å². The lowest BCUT2D eigenvalue weighted by atomic mass is 9.85. The van der Waals surface area contributed by atoms with Gasteiger partial charge in [-0.2, -0.15) is 4.98 Å². The molecule has 0 bridgehead atoms. The average molecular weight is 617 g/mol. The quantitative estimate of drug-likeness (QED) is 0.279. The van der Waals surface area contributed by atoms with Crippen LogP contribution in [0, 0.1) is 5.92 Å². The summed E-state index contributed by atoms with van der Waals surface area (Å²) in [6, 6.07) is 3.33. The minimum atomic E-state index is -2.61. The van der Waals surface area contributed by atoms with E-state index < -0.39 is 5.92 Å². The van der Waals surface area contributed by atoms with E-state index in [1.165, 1.54) is 0 Å². The Bertz CT molecular complexity index is 1300. The van der Waals surface area contributed by atoms with E-state index in [1.807, 2.05) is 4.57 Å². The van der Waals surface area contributed by atoms with Crippen LogP contribution in [-0.4, -0.2) is 37.4 Å². The predicted molar refractivity (Wildman–Crippen MR) is 144 cm³/mol. The molecule has 8 nitrogen and oxygen atoms in total. The first-order chi connectivity index (χ1) is 17.6. The SMILES string of the molecule is NC(=O)C1CCC(n2c(Nc3c(Cl)cc(Br)cc3Cl)nc3cnc(NC4CCC(F)(F)CC4)nc32)CC1. The molecule has 198 valence electrons. The minimum Gasteiger partial charge on any atom is -0.369 e. The Morgan fingerprint density at radius 2 is 1.73 bits per heavy atom. The molecule has 0 atom stereocenters. The minimum absolute atomic E-state index is 0.00720. The molecule has 3 aromatic rings. The second-order valence-electron chi connectivity index (χ2n) is 9.76. The number of primary amides is 1. The normalized spacial score (nSPS) is 22.2. The third-order valence-corrected chi connectivity index (χ3v) is 8.25. The van der Waals surface area contributed by atoms with Crippen molar-refractivity contribution < 1.29 is 13.6 Å². The molecule has 2 aromatic heterocycles. The number of halogens is 5. The van der Waals surface area contributed by atoms with Crippen molar-refractivity contribution in [2.45, 2.75) is 69.4 Å².